The highest BCUT2D eigenvalue weighted by molar-refractivity contribution is 6.31. The summed E-state index contributed by atoms with van der Waals surface area (Å²) in [6.07, 6.45) is 6.39. The van der Waals surface area contributed by atoms with Gasteiger partial charge in [0.25, 0.3) is 0 Å². The van der Waals surface area contributed by atoms with E-state index in [-0.39, 0.29) is 6.03 Å². The van der Waals surface area contributed by atoms with Gasteiger partial charge in [0.15, 0.2) is 0 Å². The Kier molecular flexibility index (Phi) is 5.08. The number of nitrogens with one attached hydrogen (secondary N) is 2. The first-order chi connectivity index (χ1) is 9.16. The molecule has 2 amide bonds. The Morgan fingerprint density at radius 1 is 1.32 bits per heavy atom. The SMILES string of the molecule is Cc1c(Cl)cccc1NC(=O)NCC1CCCCC1. The maximum Gasteiger partial charge on any atom is 0.319 e. The molecular formula is C15H21ClN2O. The van der Waals surface area contributed by atoms with Gasteiger partial charge < -0.3 is 10.6 Å². The molecule has 0 saturated heterocycles. The summed E-state index contributed by atoms with van der Waals surface area (Å²) in [5.41, 5.74) is 1.67. The molecule has 0 heterocycles. The summed E-state index contributed by atoms with van der Waals surface area (Å²) in [6.45, 7) is 2.67. The van der Waals surface area contributed by atoms with Gasteiger partial charge in [-0.3, -0.25) is 0 Å². The second-order valence-electron chi connectivity index (χ2n) is 5.25. The van der Waals surface area contributed by atoms with Gasteiger partial charge in [-0.2, -0.15) is 0 Å². The van der Waals surface area contributed by atoms with Gasteiger partial charge in [0.2, 0.25) is 0 Å². The minimum atomic E-state index is -0.143. The van der Waals surface area contributed by atoms with E-state index in [4.69, 9.17) is 11.6 Å². The molecule has 19 heavy (non-hydrogen) atoms. The number of halogens is 1. The first kappa shape index (κ1) is 14.2. The van der Waals surface area contributed by atoms with Crippen LogP contribution in [-0.4, -0.2) is 12.6 Å². The predicted octanol–water partition coefficient (Wildman–Crippen LogP) is 4.35. The monoisotopic (exact) mass is 280 g/mol. The Morgan fingerprint density at radius 3 is 2.79 bits per heavy atom. The van der Waals surface area contributed by atoms with Gasteiger partial charge in [-0.25, -0.2) is 4.79 Å². The average Bonchev–Trinajstić information content (AvgIpc) is 2.43. The lowest BCUT2D eigenvalue weighted by molar-refractivity contribution is 0.247. The van der Waals surface area contributed by atoms with E-state index in [0.29, 0.717) is 10.9 Å². The lowest BCUT2D eigenvalue weighted by Crippen LogP contribution is -2.33. The Hall–Kier alpha value is -1.22. The fraction of sp³-hybridized carbons (Fsp3) is 0.533. The Labute approximate surface area is 119 Å². The molecule has 1 aromatic rings. The van der Waals surface area contributed by atoms with Crippen molar-refractivity contribution in [1.82, 2.24) is 5.32 Å². The number of carbonyl (C=O) groups is 1. The molecule has 0 radical (unpaired) electrons. The Balaban J connectivity index is 1.82. The predicted molar refractivity (Wildman–Crippen MR) is 79.8 cm³/mol. The summed E-state index contributed by atoms with van der Waals surface area (Å²) in [4.78, 5) is 11.9. The van der Waals surface area contributed by atoms with Crippen LogP contribution in [0.2, 0.25) is 5.02 Å². The highest BCUT2D eigenvalue weighted by atomic mass is 35.5. The minimum absolute atomic E-state index is 0.143. The molecule has 0 atom stereocenters. The number of anilines is 1. The van der Waals surface area contributed by atoms with Gasteiger partial charge >= 0.3 is 6.03 Å². The van der Waals surface area contributed by atoms with E-state index in [2.05, 4.69) is 10.6 Å². The number of rotatable bonds is 3. The average molecular weight is 281 g/mol. The van der Waals surface area contributed by atoms with Gasteiger partial charge in [-0.1, -0.05) is 36.9 Å². The van der Waals surface area contributed by atoms with Crippen molar-refractivity contribution in [3.8, 4) is 0 Å². The largest absolute Gasteiger partial charge is 0.338 e. The third kappa shape index (κ3) is 4.13. The molecule has 1 aromatic carbocycles. The summed E-state index contributed by atoms with van der Waals surface area (Å²) in [5, 5.41) is 6.48. The normalized spacial score (nSPS) is 16.1. The van der Waals surface area contributed by atoms with Gasteiger partial charge in [0, 0.05) is 17.3 Å². The maximum absolute atomic E-state index is 11.9. The first-order valence-corrected chi connectivity index (χ1v) is 7.34. The zero-order valence-electron chi connectivity index (χ0n) is 11.3. The van der Waals surface area contributed by atoms with Crippen LogP contribution in [0, 0.1) is 12.8 Å². The number of hydrogen-bond donors (Lipinski definition) is 2. The molecule has 1 fully saturated rings. The number of benzene rings is 1. The van der Waals surface area contributed by atoms with Crippen LogP contribution in [0.25, 0.3) is 0 Å². The Bertz CT molecular complexity index is 442. The fourth-order valence-electron chi connectivity index (χ4n) is 2.54. The molecule has 0 unspecified atom stereocenters. The molecule has 0 aliphatic heterocycles. The summed E-state index contributed by atoms with van der Waals surface area (Å²) in [5.74, 6) is 0.639. The van der Waals surface area contributed by atoms with Crippen molar-refractivity contribution in [2.24, 2.45) is 5.92 Å². The summed E-state index contributed by atoms with van der Waals surface area (Å²) in [6, 6.07) is 5.38. The minimum Gasteiger partial charge on any atom is -0.338 e. The molecule has 1 aliphatic carbocycles. The van der Waals surface area contributed by atoms with E-state index in [1.165, 1.54) is 32.1 Å². The third-order valence-corrected chi connectivity index (χ3v) is 4.20. The summed E-state index contributed by atoms with van der Waals surface area (Å²) in [7, 11) is 0. The number of carbonyl (C=O) groups excluding carboxylic acids is 1. The van der Waals surface area contributed by atoms with Crippen molar-refractivity contribution < 1.29 is 4.79 Å². The van der Waals surface area contributed by atoms with Gasteiger partial charge in [0.1, 0.15) is 0 Å². The number of amides is 2. The quantitative estimate of drug-likeness (QED) is 0.849. The van der Waals surface area contributed by atoms with Crippen LogP contribution in [0.3, 0.4) is 0 Å². The molecular weight excluding hydrogens is 260 g/mol. The highest BCUT2D eigenvalue weighted by Crippen LogP contribution is 2.24. The van der Waals surface area contributed by atoms with E-state index in [1.54, 1.807) is 0 Å². The zero-order chi connectivity index (χ0) is 13.7. The molecule has 1 aliphatic rings. The van der Waals surface area contributed by atoms with E-state index in [0.717, 1.165) is 17.8 Å². The molecule has 0 spiro atoms. The molecule has 2 rings (SSSR count). The van der Waals surface area contributed by atoms with E-state index < -0.39 is 0 Å². The lowest BCUT2D eigenvalue weighted by atomic mass is 9.89. The highest BCUT2D eigenvalue weighted by Gasteiger charge is 2.14. The number of urea groups is 1. The van der Waals surface area contributed by atoms with E-state index in [1.807, 2.05) is 25.1 Å². The van der Waals surface area contributed by atoms with Crippen LogP contribution in [0.1, 0.15) is 37.7 Å². The van der Waals surface area contributed by atoms with E-state index in [9.17, 15) is 4.79 Å². The molecule has 4 heteroatoms. The van der Waals surface area contributed by atoms with Crippen LogP contribution in [-0.2, 0) is 0 Å². The fourth-order valence-corrected chi connectivity index (χ4v) is 2.71. The second kappa shape index (κ2) is 6.80. The van der Waals surface area contributed by atoms with Crippen molar-refractivity contribution in [2.45, 2.75) is 39.0 Å². The maximum atomic E-state index is 11.9. The molecule has 1 saturated carbocycles. The Morgan fingerprint density at radius 2 is 2.05 bits per heavy atom. The molecule has 0 bridgehead atoms. The van der Waals surface area contributed by atoms with Crippen LogP contribution < -0.4 is 10.6 Å². The van der Waals surface area contributed by atoms with Gasteiger partial charge in [0.05, 0.1) is 0 Å². The molecule has 0 aromatic heterocycles. The molecule has 104 valence electrons. The van der Waals surface area contributed by atoms with Crippen LogP contribution in [0.5, 0.6) is 0 Å². The molecule has 2 N–H and O–H groups in total. The second-order valence-corrected chi connectivity index (χ2v) is 5.66. The van der Waals surface area contributed by atoms with Gasteiger partial charge in [-0.05, 0) is 43.4 Å². The summed E-state index contributed by atoms with van der Waals surface area (Å²) >= 11 is 6.02. The number of hydrogen-bond acceptors (Lipinski definition) is 1. The zero-order valence-corrected chi connectivity index (χ0v) is 12.1. The van der Waals surface area contributed by atoms with Crippen LogP contribution in [0.4, 0.5) is 10.5 Å². The van der Waals surface area contributed by atoms with Crippen LogP contribution in [0.15, 0.2) is 18.2 Å². The van der Waals surface area contributed by atoms with Gasteiger partial charge in [-0.15, -0.1) is 0 Å². The van der Waals surface area contributed by atoms with Crippen molar-refractivity contribution in [3.05, 3.63) is 28.8 Å². The van der Waals surface area contributed by atoms with Crippen LogP contribution >= 0.6 is 11.6 Å². The smallest absolute Gasteiger partial charge is 0.319 e. The standard InChI is InChI=1S/C15H21ClN2O/c1-11-13(16)8-5-9-14(11)18-15(19)17-10-12-6-3-2-4-7-12/h5,8-9,12H,2-4,6-7,10H2,1H3,(H2,17,18,19). The third-order valence-electron chi connectivity index (χ3n) is 3.79. The topological polar surface area (TPSA) is 41.1 Å². The van der Waals surface area contributed by atoms with Crippen molar-refractivity contribution >= 4 is 23.3 Å². The molecule has 3 nitrogen and oxygen atoms in total. The lowest BCUT2D eigenvalue weighted by Gasteiger charge is -2.22. The van der Waals surface area contributed by atoms with Crippen molar-refractivity contribution in [2.75, 3.05) is 11.9 Å². The van der Waals surface area contributed by atoms with E-state index >= 15 is 0 Å². The summed E-state index contributed by atoms with van der Waals surface area (Å²) < 4.78 is 0. The van der Waals surface area contributed by atoms with Crippen molar-refractivity contribution in [1.29, 1.82) is 0 Å². The van der Waals surface area contributed by atoms with Crippen molar-refractivity contribution in [3.63, 3.8) is 0 Å². The first-order valence-electron chi connectivity index (χ1n) is 6.97.